The number of piperidine rings is 1. The van der Waals surface area contributed by atoms with Crippen molar-refractivity contribution in [3.8, 4) is 5.69 Å². The van der Waals surface area contributed by atoms with Crippen molar-refractivity contribution in [1.29, 1.82) is 0 Å². The first-order valence-corrected chi connectivity index (χ1v) is 7.82. The Labute approximate surface area is 126 Å². The quantitative estimate of drug-likeness (QED) is 0.939. The van der Waals surface area contributed by atoms with E-state index < -0.39 is 0 Å². The molecular weight excluding hydrogens is 260 g/mol. The molecule has 4 nitrogen and oxygen atoms in total. The molecule has 21 heavy (non-hydrogen) atoms. The molecule has 112 valence electrons. The number of para-hydroxylation sites is 1. The minimum Gasteiger partial charge on any atom is -0.330 e. The molecule has 0 saturated carbocycles. The summed E-state index contributed by atoms with van der Waals surface area (Å²) >= 11 is 0. The van der Waals surface area contributed by atoms with Gasteiger partial charge in [0.1, 0.15) is 0 Å². The molecule has 2 aromatic rings. The van der Waals surface area contributed by atoms with Crippen LogP contribution in [0.15, 0.2) is 42.7 Å². The average molecular weight is 284 g/mol. The maximum absolute atomic E-state index is 5.84. The zero-order valence-electron chi connectivity index (χ0n) is 12.7. The second-order valence-corrected chi connectivity index (χ2v) is 5.97. The van der Waals surface area contributed by atoms with Crippen molar-refractivity contribution in [2.75, 3.05) is 19.6 Å². The van der Waals surface area contributed by atoms with Crippen LogP contribution in [0.25, 0.3) is 5.69 Å². The molecule has 0 bridgehead atoms. The highest BCUT2D eigenvalue weighted by Gasteiger charge is 2.24. The molecule has 0 radical (unpaired) electrons. The van der Waals surface area contributed by atoms with E-state index in [-0.39, 0.29) is 0 Å². The topological polar surface area (TPSA) is 47.1 Å². The Bertz CT molecular complexity index is 563. The minimum absolute atomic E-state index is 0.400. The molecule has 0 amide bonds. The van der Waals surface area contributed by atoms with Gasteiger partial charge in [-0.05, 0) is 50.9 Å². The lowest BCUT2D eigenvalue weighted by molar-refractivity contribution is 0.134. The summed E-state index contributed by atoms with van der Waals surface area (Å²) in [5.41, 5.74) is 8.22. The molecule has 0 aliphatic carbocycles. The van der Waals surface area contributed by atoms with Gasteiger partial charge < -0.3 is 5.73 Å². The lowest BCUT2D eigenvalue weighted by Crippen LogP contribution is -2.39. The smallest absolute Gasteiger partial charge is 0.0645 e. The molecule has 1 fully saturated rings. The van der Waals surface area contributed by atoms with Crippen molar-refractivity contribution < 1.29 is 0 Å². The van der Waals surface area contributed by atoms with Gasteiger partial charge in [-0.2, -0.15) is 5.10 Å². The van der Waals surface area contributed by atoms with Crippen LogP contribution >= 0.6 is 0 Å². The third kappa shape index (κ3) is 3.17. The van der Waals surface area contributed by atoms with E-state index in [0.29, 0.717) is 12.0 Å². The van der Waals surface area contributed by atoms with Crippen molar-refractivity contribution in [2.24, 2.45) is 11.7 Å². The third-order valence-electron chi connectivity index (χ3n) is 4.54. The Balaban J connectivity index is 1.73. The summed E-state index contributed by atoms with van der Waals surface area (Å²) < 4.78 is 1.95. The maximum atomic E-state index is 5.84. The molecule has 1 aromatic heterocycles. The number of hydrogen-bond acceptors (Lipinski definition) is 3. The standard InChI is InChI=1S/C17H24N4/c1-14(20-9-5-6-15(10-18)12-20)16-11-19-21(13-16)17-7-3-2-4-8-17/h2-4,7-8,11,13-15H,5-6,9-10,12,18H2,1H3. The summed E-state index contributed by atoms with van der Waals surface area (Å²) in [5.74, 6) is 0.644. The second kappa shape index (κ2) is 6.41. The van der Waals surface area contributed by atoms with E-state index in [0.717, 1.165) is 25.3 Å². The molecule has 3 rings (SSSR count). The Morgan fingerprint density at radius 1 is 1.33 bits per heavy atom. The van der Waals surface area contributed by atoms with E-state index in [1.807, 2.05) is 29.1 Å². The lowest BCUT2D eigenvalue weighted by Gasteiger charge is -2.36. The fourth-order valence-corrected chi connectivity index (χ4v) is 3.13. The first-order valence-electron chi connectivity index (χ1n) is 7.82. The van der Waals surface area contributed by atoms with Gasteiger partial charge in [0.2, 0.25) is 0 Å². The largest absolute Gasteiger partial charge is 0.330 e. The zero-order chi connectivity index (χ0) is 14.7. The van der Waals surface area contributed by atoms with Gasteiger partial charge in [-0.3, -0.25) is 4.90 Å². The van der Waals surface area contributed by atoms with E-state index in [1.54, 1.807) is 0 Å². The van der Waals surface area contributed by atoms with Crippen LogP contribution in [0.2, 0.25) is 0 Å². The Hall–Kier alpha value is -1.65. The van der Waals surface area contributed by atoms with Gasteiger partial charge in [0.15, 0.2) is 0 Å². The summed E-state index contributed by atoms with van der Waals surface area (Å²) in [6, 6.07) is 10.7. The SMILES string of the molecule is CC(c1cnn(-c2ccccc2)c1)N1CCCC(CN)C1. The summed E-state index contributed by atoms with van der Waals surface area (Å²) in [6.07, 6.45) is 6.65. The van der Waals surface area contributed by atoms with Crippen LogP contribution in [-0.2, 0) is 0 Å². The zero-order valence-corrected chi connectivity index (χ0v) is 12.7. The van der Waals surface area contributed by atoms with E-state index in [2.05, 4.69) is 35.3 Å². The fraction of sp³-hybridized carbons (Fsp3) is 0.471. The highest BCUT2D eigenvalue weighted by atomic mass is 15.3. The minimum atomic E-state index is 0.400. The van der Waals surface area contributed by atoms with Gasteiger partial charge in [-0.15, -0.1) is 0 Å². The van der Waals surface area contributed by atoms with Gasteiger partial charge in [0.25, 0.3) is 0 Å². The molecule has 1 saturated heterocycles. The van der Waals surface area contributed by atoms with Crippen LogP contribution in [-0.4, -0.2) is 34.3 Å². The summed E-state index contributed by atoms with van der Waals surface area (Å²) in [7, 11) is 0. The summed E-state index contributed by atoms with van der Waals surface area (Å²) in [4.78, 5) is 2.54. The molecule has 4 heteroatoms. The fourth-order valence-electron chi connectivity index (χ4n) is 3.13. The molecule has 1 aliphatic rings. The summed E-state index contributed by atoms with van der Waals surface area (Å²) in [5, 5.41) is 4.51. The molecule has 1 aliphatic heterocycles. The number of hydrogen-bond donors (Lipinski definition) is 1. The van der Waals surface area contributed by atoms with Gasteiger partial charge in [0.05, 0.1) is 11.9 Å². The van der Waals surface area contributed by atoms with Crippen molar-refractivity contribution in [3.05, 3.63) is 48.3 Å². The number of aromatic nitrogens is 2. The van der Waals surface area contributed by atoms with Crippen LogP contribution in [0.5, 0.6) is 0 Å². The maximum Gasteiger partial charge on any atom is 0.0645 e. The third-order valence-corrected chi connectivity index (χ3v) is 4.54. The van der Waals surface area contributed by atoms with Crippen LogP contribution in [0.3, 0.4) is 0 Å². The summed E-state index contributed by atoms with van der Waals surface area (Å²) in [6.45, 7) is 5.33. The Morgan fingerprint density at radius 2 is 2.14 bits per heavy atom. The van der Waals surface area contributed by atoms with E-state index in [4.69, 9.17) is 5.73 Å². The number of nitrogens with zero attached hydrogens (tertiary/aromatic N) is 3. The van der Waals surface area contributed by atoms with E-state index >= 15 is 0 Å². The molecule has 1 aromatic carbocycles. The van der Waals surface area contributed by atoms with Crippen molar-refractivity contribution in [2.45, 2.75) is 25.8 Å². The van der Waals surface area contributed by atoms with Gasteiger partial charge in [-0.1, -0.05) is 18.2 Å². The highest BCUT2D eigenvalue weighted by molar-refractivity contribution is 5.31. The molecule has 2 N–H and O–H groups in total. The number of rotatable bonds is 4. The first kappa shape index (κ1) is 14.3. The van der Waals surface area contributed by atoms with Crippen LogP contribution < -0.4 is 5.73 Å². The first-order chi connectivity index (χ1) is 10.3. The number of benzene rings is 1. The van der Waals surface area contributed by atoms with Crippen molar-refractivity contribution in [3.63, 3.8) is 0 Å². The number of likely N-dealkylation sites (tertiary alicyclic amines) is 1. The predicted molar refractivity (Wildman–Crippen MR) is 85.3 cm³/mol. The second-order valence-electron chi connectivity index (χ2n) is 5.97. The van der Waals surface area contributed by atoms with Crippen LogP contribution in [0, 0.1) is 5.92 Å². The molecule has 2 atom stereocenters. The molecule has 2 unspecified atom stereocenters. The highest BCUT2D eigenvalue weighted by Crippen LogP contribution is 2.26. The van der Waals surface area contributed by atoms with Crippen molar-refractivity contribution >= 4 is 0 Å². The molecule has 2 heterocycles. The monoisotopic (exact) mass is 284 g/mol. The molecule has 0 spiro atoms. The van der Waals surface area contributed by atoms with Gasteiger partial charge in [-0.25, -0.2) is 4.68 Å². The number of nitrogens with two attached hydrogens (primary N) is 1. The van der Waals surface area contributed by atoms with E-state index in [9.17, 15) is 0 Å². The normalized spacial score (nSPS) is 21.3. The van der Waals surface area contributed by atoms with Crippen molar-refractivity contribution in [1.82, 2.24) is 14.7 Å². The van der Waals surface area contributed by atoms with Gasteiger partial charge in [0, 0.05) is 24.3 Å². The lowest BCUT2D eigenvalue weighted by atomic mass is 9.96. The average Bonchev–Trinajstić information content (AvgIpc) is 3.05. The van der Waals surface area contributed by atoms with Crippen LogP contribution in [0.1, 0.15) is 31.4 Å². The van der Waals surface area contributed by atoms with Gasteiger partial charge >= 0.3 is 0 Å². The Kier molecular flexibility index (Phi) is 4.36. The Morgan fingerprint density at radius 3 is 2.90 bits per heavy atom. The predicted octanol–water partition coefficient (Wildman–Crippen LogP) is 2.60. The van der Waals surface area contributed by atoms with E-state index in [1.165, 1.54) is 18.4 Å². The molecular formula is C17H24N4. The van der Waals surface area contributed by atoms with Crippen LogP contribution in [0.4, 0.5) is 0 Å².